The predicted octanol–water partition coefficient (Wildman–Crippen LogP) is 3.30. The number of carboxylic acid groups (broad SMARTS) is 1. The molecule has 3 amide bonds. The van der Waals surface area contributed by atoms with Crippen LogP contribution in [0.25, 0.3) is 0 Å². The van der Waals surface area contributed by atoms with Crippen LogP contribution in [-0.4, -0.2) is 85.1 Å². The third-order valence-corrected chi connectivity index (χ3v) is 9.13. The number of urea groups is 1. The highest BCUT2D eigenvalue weighted by Crippen LogP contribution is 2.29. The molecule has 4 N–H and O–H groups in total. The van der Waals surface area contributed by atoms with E-state index in [1.165, 1.54) is 38.8 Å². The van der Waals surface area contributed by atoms with Gasteiger partial charge in [-0.3, -0.25) is 19.6 Å². The number of pyridine rings is 1. The van der Waals surface area contributed by atoms with Gasteiger partial charge in [-0.2, -0.15) is 4.31 Å². The zero-order valence-electron chi connectivity index (χ0n) is 25.2. The van der Waals surface area contributed by atoms with Crippen molar-refractivity contribution in [1.29, 1.82) is 0 Å². The second-order valence-electron chi connectivity index (χ2n) is 10.5. The second-order valence-corrected chi connectivity index (χ2v) is 12.6. The number of methoxy groups -OCH3 is 1. The van der Waals surface area contributed by atoms with Gasteiger partial charge in [0.15, 0.2) is 5.37 Å². The van der Waals surface area contributed by atoms with Gasteiger partial charge in [0.1, 0.15) is 5.75 Å². The van der Waals surface area contributed by atoms with Gasteiger partial charge >= 0.3 is 12.0 Å². The smallest absolute Gasteiger partial charge is 0.323 e. The number of sulfonamides is 1. The van der Waals surface area contributed by atoms with Crippen LogP contribution in [0.3, 0.4) is 0 Å². The van der Waals surface area contributed by atoms with Crippen LogP contribution >= 0.6 is 0 Å². The maximum absolute atomic E-state index is 13.1. The average Bonchev–Trinajstić information content (AvgIpc) is 3.45. The van der Waals surface area contributed by atoms with Crippen molar-refractivity contribution >= 4 is 51.3 Å². The van der Waals surface area contributed by atoms with E-state index in [0.717, 1.165) is 9.87 Å². The Bertz CT molecular complexity index is 1700. The molecule has 1 aliphatic heterocycles. The molecule has 2 aromatic carbocycles. The third-order valence-electron chi connectivity index (χ3n) is 7.11. The minimum absolute atomic E-state index is 0.0211. The topological polar surface area (TPSA) is 183 Å². The minimum Gasteiger partial charge on any atom is -0.495 e. The molecular weight excluding hydrogens is 602 g/mol. The van der Waals surface area contributed by atoms with Crippen molar-refractivity contribution in [2.75, 3.05) is 43.7 Å². The van der Waals surface area contributed by atoms with E-state index in [2.05, 4.69) is 25.9 Å². The lowest BCUT2D eigenvalue weighted by Crippen LogP contribution is -2.40. The van der Waals surface area contributed by atoms with Crippen molar-refractivity contribution in [2.24, 2.45) is 4.99 Å². The fourth-order valence-corrected chi connectivity index (χ4v) is 6.21. The SMILES string of the molecule is COc1cc(CC(=O)Nc2ccc(C(CC(=O)O)N(C)S(=O)(=O)C3CN(C)C=N3)nc2)ccc1NC(=O)Nc1ccccc1C. The largest absolute Gasteiger partial charge is 0.495 e. The van der Waals surface area contributed by atoms with E-state index in [1.54, 1.807) is 36.2 Å². The summed E-state index contributed by atoms with van der Waals surface area (Å²) in [5, 5.41) is 16.7. The maximum atomic E-state index is 13.1. The van der Waals surface area contributed by atoms with Crippen LogP contribution in [-0.2, 0) is 26.0 Å². The molecule has 3 aromatic rings. The highest BCUT2D eigenvalue weighted by molar-refractivity contribution is 7.89. The van der Waals surface area contributed by atoms with Gasteiger partial charge in [-0.15, -0.1) is 0 Å². The average molecular weight is 638 g/mol. The van der Waals surface area contributed by atoms with Crippen molar-refractivity contribution in [3.63, 3.8) is 0 Å². The van der Waals surface area contributed by atoms with Gasteiger partial charge in [-0.1, -0.05) is 24.3 Å². The van der Waals surface area contributed by atoms with Crippen LogP contribution in [0.5, 0.6) is 5.75 Å². The number of amides is 3. The summed E-state index contributed by atoms with van der Waals surface area (Å²) in [7, 11) is 0.478. The third kappa shape index (κ3) is 8.33. The van der Waals surface area contributed by atoms with Gasteiger partial charge in [-0.05, 0) is 48.4 Å². The van der Waals surface area contributed by atoms with E-state index >= 15 is 0 Å². The molecule has 238 valence electrons. The molecule has 0 bridgehead atoms. The lowest BCUT2D eigenvalue weighted by Gasteiger charge is -2.28. The van der Waals surface area contributed by atoms with E-state index in [1.807, 2.05) is 25.1 Å². The number of nitrogens with zero attached hydrogens (tertiary/aromatic N) is 4. The van der Waals surface area contributed by atoms with E-state index in [9.17, 15) is 27.9 Å². The normalized spacial score (nSPS) is 15.0. The molecule has 45 heavy (non-hydrogen) atoms. The standard InChI is InChI=1S/C30H35N7O7S/c1-19-7-5-6-8-22(19)34-30(41)35-24-11-9-20(13-26(24)44-4)14-27(38)33-21-10-12-23(31-16-21)25(15-29(39)40)37(3)45(42,43)28-17-36(2)18-32-28/h5-13,16,18,25,28H,14-15,17H2,1-4H3,(H,33,38)(H,39,40)(H2,34,35,41). The number of para-hydroxylation sites is 1. The monoisotopic (exact) mass is 637 g/mol. The molecule has 1 aliphatic rings. The summed E-state index contributed by atoms with van der Waals surface area (Å²) < 4.78 is 32.7. The molecule has 0 aliphatic carbocycles. The molecule has 14 nitrogen and oxygen atoms in total. The first-order valence-electron chi connectivity index (χ1n) is 13.9. The van der Waals surface area contributed by atoms with E-state index in [0.29, 0.717) is 28.4 Å². The Labute approximate surface area is 261 Å². The number of anilines is 3. The lowest BCUT2D eigenvalue weighted by molar-refractivity contribution is -0.138. The summed E-state index contributed by atoms with van der Waals surface area (Å²) >= 11 is 0. The van der Waals surface area contributed by atoms with Crippen LogP contribution in [0.4, 0.5) is 21.9 Å². The number of ether oxygens (including phenoxy) is 1. The summed E-state index contributed by atoms with van der Waals surface area (Å²) in [6.07, 6.45) is 2.23. The van der Waals surface area contributed by atoms with Gasteiger partial charge in [0.25, 0.3) is 0 Å². The summed E-state index contributed by atoms with van der Waals surface area (Å²) in [6.45, 7) is 2.04. The number of aryl methyl sites for hydroxylation is 1. The number of hydrogen-bond donors (Lipinski definition) is 4. The van der Waals surface area contributed by atoms with E-state index in [4.69, 9.17) is 4.74 Å². The van der Waals surface area contributed by atoms with Crippen molar-refractivity contribution in [1.82, 2.24) is 14.2 Å². The number of rotatable bonds is 12. The number of aromatic nitrogens is 1. The van der Waals surface area contributed by atoms with Crippen LogP contribution in [0.1, 0.15) is 29.3 Å². The molecule has 2 atom stereocenters. The number of carbonyl (C=O) groups is 3. The molecule has 0 saturated carbocycles. The van der Waals surface area contributed by atoms with E-state index < -0.39 is 39.9 Å². The van der Waals surface area contributed by atoms with Crippen LogP contribution < -0.4 is 20.7 Å². The number of carbonyl (C=O) groups excluding carboxylic acids is 2. The number of aliphatic carboxylic acids is 1. The number of hydrogen-bond acceptors (Lipinski definition) is 9. The van der Waals surface area contributed by atoms with Gasteiger partial charge in [-0.25, -0.2) is 13.2 Å². The quantitative estimate of drug-likeness (QED) is 0.232. The molecule has 0 saturated heterocycles. The molecular formula is C30H35N7O7S. The van der Waals surface area contributed by atoms with E-state index in [-0.39, 0.29) is 24.6 Å². The molecule has 1 aromatic heterocycles. The molecule has 15 heteroatoms. The summed E-state index contributed by atoms with van der Waals surface area (Å²) in [5.74, 6) is -1.20. The summed E-state index contributed by atoms with van der Waals surface area (Å²) in [6, 6.07) is 13.8. The predicted molar refractivity (Wildman–Crippen MR) is 170 cm³/mol. The number of aliphatic imine (C=N–C) groups is 1. The first-order valence-corrected chi connectivity index (χ1v) is 15.4. The summed E-state index contributed by atoms with van der Waals surface area (Å²) in [5.41, 5.74) is 3.16. The Morgan fingerprint density at radius 1 is 1.09 bits per heavy atom. The lowest BCUT2D eigenvalue weighted by atomic mass is 10.1. The van der Waals surface area contributed by atoms with Crippen LogP contribution in [0.2, 0.25) is 0 Å². The Hall–Kier alpha value is -5.02. The van der Waals surface area contributed by atoms with Crippen molar-refractivity contribution in [3.05, 3.63) is 77.6 Å². The Morgan fingerprint density at radius 3 is 2.44 bits per heavy atom. The number of benzene rings is 2. The molecule has 0 spiro atoms. The van der Waals surface area contributed by atoms with Crippen LogP contribution in [0.15, 0.2) is 65.8 Å². The van der Waals surface area contributed by atoms with Crippen molar-refractivity contribution in [3.8, 4) is 5.75 Å². The second kappa shape index (κ2) is 14.2. The zero-order valence-corrected chi connectivity index (χ0v) is 26.0. The first kappa shape index (κ1) is 32.9. The van der Waals surface area contributed by atoms with Gasteiger partial charge in [0.2, 0.25) is 15.9 Å². The molecule has 0 radical (unpaired) electrons. The van der Waals surface area contributed by atoms with Gasteiger partial charge < -0.3 is 30.7 Å². The van der Waals surface area contributed by atoms with Crippen molar-refractivity contribution in [2.45, 2.75) is 31.2 Å². The molecule has 2 heterocycles. The molecule has 4 rings (SSSR count). The minimum atomic E-state index is -3.98. The highest BCUT2D eigenvalue weighted by Gasteiger charge is 2.38. The zero-order chi connectivity index (χ0) is 32.7. The number of carboxylic acids is 1. The molecule has 2 unspecified atom stereocenters. The summed E-state index contributed by atoms with van der Waals surface area (Å²) in [4.78, 5) is 46.9. The van der Waals surface area contributed by atoms with Gasteiger partial charge in [0, 0.05) is 19.8 Å². The Morgan fingerprint density at radius 2 is 1.82 bits per heavy atom. The fraction of sp³-hybridized carbons (Fsp3) is 0.300. The van der Waals surface area contributed by atoms with Crippen LogP contribution in [0, 0.1) is 6.92 Å². The maximum Gasteiger partial charge on any atom is 0.323 e. The fourth-order valence-electron chi connectivity index (χ4n) is 4.66. The number of likely N-dealkylation sites (N-methyl/N-ethyl adjacent to an activating group) is 1. The Balaban J connectivity index is 1.39. The van der Waals surface area contributed by atoms with Gasteiger partial charge in [0.05, 0.1) is 62.1 Å². The van der Waals surface area contributed by atoms with Crippen molar-refractivity contribution < 1.29 is 32.6 Å². The Kier molecular flexibility index (Phi) is 10.4. The highest BCUT2D eigenvalue weighted by atomic mass is 32.2. The number of nitrogens with one attached hydrogen (secondary N) is 3. The first-order chi connectivity index (χ1) is 21.4. The molecule has 0 fully saturated rings.